The Labute approximate surface area is 205 Å². The number of aryl methyl sites for hydroxylation is 1. The van der Waals surface area contributed by atoms with Crippen LogP contribution in [0.5, 0.6) is 5.75 Å². The van der Waals surface area contributed by atoms with Crippen molar-refractivity contribution < 1.29 is 19.1 Å². The zero-order valence-electron chi connectivity index (χ0n) is 20.6. The SMILES string of the molecule is Cc1ccc(N2C(=O)C(=O)C(C(=O)c3ccc(C(C)C)cc3)C2c2ccc(OC(C)C)cc2)nn1. The van der Waals surface area contributed by atoms with E-state index in [9.17, 15) is 14.4 Å². The van der Waals surface area contributed by atoms with Crippen LogP contribution in [0, 0.1) is 12.8 Å². The topological polar surface area (TPSA) is 89.5 Å². The van der Waals surface area contributed by atoms with Crippen LogP contribution in [0.1, 0.15) is 66.8 Å². The quantitative estimate of drug-likeness (QED) is 0.278. The molecule has 0 aliphatic carbocycles. The number of aromatic nitrogens is 2. The van der Waals surface area contributed by atoms with Crippen LogP contribution >= 0.6 is 0 Å². The van der Waals surface area contributed by atoms with Gasteiger partial charge in [0.1, 0.15) is 11.7 Å². The van der Waals surface area contributed by atoms with Gasteiger partial charge < -0.3 is 4.74 Å². The Morgan fingerprint density at radius 2 is 1.54 bits per heavy atom. The minimum atomic E-state index is -1.20. The van der Waals surface area contributed by atoms with E-state index in [0.717, 1.165) is 5.56 Å². The summed E-state index contributed by atoms with van der Waals surface area (Å²) in [6.45, 7) is 9.78. The third kappa shape index (κ3) is 4.85. The van der Waals surface area contributed by atoms with E-state index < -0.39 is 29.4 Å². The Balaban J connectivity index is 1.78. The van der Waals surface area contributed by atoms with Gasteiger partial charge in [-0.2, -0.15) is 5.10 Å². The first-order valence-corrected chi connectivity index (χ1v) is 11.8. The van der Waals surface area contributed by atoms with Gasteiger partial charge in [-0.25, -0.2) is 0 Å². The number of carbonyl (C=O) groups excluding carboxylic acids is 3. The molecule has 0 radical (unpaired) electrons. The molecule has 2 unspecified atom stereocenters. The van der Waals surface area contributed by atoms with Gasteiger partial charge in [0.05, 0.1) is 17.8 Å². The number of ketones is 2. The van der Waals surface area contributed by atoms with E-state index in [2.05, 4.69) is 24.0 Å². The second-order valence-electron chi connectivity index (χ2n) is 9.37. The van der Waals surface area contributed by atoms with Crippen molar-refractivity contribution in [2.24, 2.45) is 5.92 Å². The van der Waals surface area contributed by atoms with Gasteiger partial charge in [-0.3, -0.25) is 19.3 Å². The first kappa shape index (κ1) is 24.3. The molecular weight excluding hydrogens is 442 g/mol. The van der Waals surface area contributed by atoms with Gasteiger partial charge in [0, 0.05) is 5.56 Å². The maximum atomic E-state index is 13.7. The highest BCUT2D eigenvalue weighted by Crippen LogP contribution is 2.41. The van der Waals surface area contributed by atoms with Gasteiger partial charge in [0.25, 0.3) is 5.91 Å². The van der Waals surface area contributed by atoms with Crippen LogP contribution in [0.3, 0.4) is 0 Å². The van der Waals surface area contributed by atoms with E-state index in [0.29, 0.717) is 28.5 Å². The standard InChI is InChI=1S/C28H29N3O4/c1-16(2)19-7-9-21(10-8-19)26(32)24-25(20-11-13-22(14-12-20)35-17(3)4)31(28(34)27(24)33)23-15-6-18(5)29-30-23/h6-17,24-25H,1-5H3. The van der Waals surface area contributed by atoms with Gasteiger partial charge in [-0.1, -0.05) is 50.2 Å². The maximum absolute atomic E-state index is 13.7. The maximum Gasteiger partial charge on any atom is 0.297 e. The van der Waals surface area contributed by atoms with Crippen LogP contribution in [-0.4, -0.2) is 33.8 Å². The summed E-state index contributed by atoms with van der Waals surface area (Å²) in [5.41, 5.74) is 2.79. The highest BCUT2D eigenvalue weighted by atomic mass is 16.5. The number of nitrogens with zero attached hydrogens (tertiary/aromatic N) is 3. The molecule has 0 spiro atoms. The second kappa shape index (κ2) is 9.78. The molecule has 3 aromatic rings. The Morgan fingerprint density at radius 3 is 2.09 bits per heavy atom. The smallest absolute Gasteiger partial charge is 0.297 e. The Kier molecular flexibility index (Phi) is 6.78. The highest BCUT2D eigenvalue weighted by molar-refractivity contribution is 6.48. The van der Waals surface area contributed by atoms with E-state index in [1.54, 1.807) is 55.5 Å². The van der Waals surface area contributed by atoms with Gasteiger partial charge in [-0.15, -0.1) is 5.10 Å². The highest BCUT2D eigenvalue weighted by Gasteiger charge is 2.52. The zero-order chi connectivity index (χ0) is 25.3. The lowest BCUT2D eigenvalue weighted by Crippen LogP contribution is -2.31. The summed E-state index contributed by atoms with van der Waals surface area (Å²) < 4.78 is 5.74. The lowest BCUT2D eigenvalue weighted by Gasteiger charge is -2.26. The lowest BCUT2D eigenvalue weighted by atomic mass is 9.85. The first-order chi connectivity index (χ1) is 16.7. The molecule has 2 atom stereocenters. The van der Waals surface area contributed by atoms with Crippen LogP contribution in [-0.2, 0) is 9.59 Å². The molecule has 4 rings (SSSR count). The number of benzene rings is 2. The molecule has 2 aromatic carbocycles. The van der Waals surface area contributed by atoms with Gasteiger partial charge >= 0.3 is 0 Å². The van der Waals surface area contributed by atoms with E-state index in [1.807, 2.05) is 26.0 Å². The summed E-state index contributed by atoms with van der Waals surface area (Å²) in [6, 6.07) is 16.8. The van der Waals surface area contributed by atoms with Crippen molar-refractivity contribution in [2.75, 3.05) is 4.90 Å². The summed E-state index contributed by atoms with van der Waals surface area (Å²) in [6.07, 6.45) is -0.00189. The van der Waals surface area contributed by atoms with E-state index in [1.165, 1.54) is 4.90 Å². The minimum absolute atomic E-state index is 0.00189. The van der Waals surface area contributed by atoms with Crippen molar-refractivity contribution in [3.05, 3.63) is 83.0 Å². The number of Topliss-reactive ketones (excluding diaryl/α,β-unsaturated/α-hetero) is 2. The monoisotopic (exact) mass is 471 g/mol. The first-order valence-electron chi connectivity index (χ1n) is 11.8. The van der Waals surface area contributed by atoms with E-state index in [4.69, 9.17) is 4.74 Å². The number of carbonyl (C=O) groups is 3. The van der Waals surface area contributed by atoms with Crippen molar-refractivity contribution >= 4 is 23.3 Å². The molecule has 7 heteroatoms. The number of amides is 1. The predicted octanol–water partition coefficient (Wildman–Crippen LogP) is 4.85. The van der Waals surface area contributed by atoms with Crippen LogP contribution in [0.25, 0.3) is 0 Å². The molecule has 0 bridgehead atoms. The third-order valence-electron chi connectivity index (χ3n) is 6.07. The molecule has 0 N–H and O–H groups in total. The molecule has 1 aliphatic heterocycles. The van der Waals surface area contributed by atoms with Crippen LogP contribution in [0.15, 0.2) is 60.7 Å². The molecule has 1 saturated heterocycles. The van der Waals surface area contributed by atoms with Gasteiger partial charge in [-0.05, 0) is 62.1 Å². The van der Waals surface area contributed by atoms with E-state index in [-0.39, 0.29) is 11.9 Å². The van der Waals surface area contributed by atoms with Crippen molar-refractivity contribution in [3.8, 4) is 5.75 Å². The summed E-state index contributed by atoms with van der Waals surface area (Å²) in [5.74, 6) is -1.92. The number of anilines is 1. The number of rotatable bonds is 7. The second-order valence-corrected chi connectivity index (χ2v) is 9.37. The lowest BCUT2D eigenvalue weighted by molar-refractivity contribution is -0.135. The number of ether oxygens (including phenoxy) is 1. The molecular formula is C28H29N3O4. The molecule has 1 aromatic heterocycles. The number of hydrogen-bond acceptors (Lipinski definition) is 6. The Morgan fingerprint density at radius 1 is 0.886 bits per heavy atom. The van der Waals surface area contributed by atoms with Crippen molar-refractivity contribution in [2.45, 2.75) is 52.7 Å². The molecule has 1 amide bonds. The fourth-order valence-electron chi connectivity index (χ4n) is 4.27. The van der Waals surface area contributed by atoms with Crippen molar-refractivity contribution in [3.63, 3.8) is 0 Å². The van der Waals surface area contributed by atoms with Crippen LogP contribution in [0.2, 0.25) is 0 Å². The van der Waals surface area contributed by atoms with Gasteiger partial charge in [0.2, 0.25) is 5.78 Å². The fourth-order valence-corrected chi connectivity index (χ4v) is 4.27. The summed E-state index contributed by atoms with van der Waals surface area (Å²) >= 11 is 0. The zero-order valence-corrected chi connectivity index (χ0v) is 20.6. The normalized spacial score (nSPS) is 18.0. The molecule has 0 saturated carbocycles. The third-order valence-corrected chi connectivity index (χ3v) is 6.07. The Hall–Kier alpha value is -3.87. The van der Waals surface area contributed by atoms with E-state index >= 15 is 0 Å². The average Bonchev–Trinajstić information content (AvgIpc) is 3.10. The van der Waals surface area contributed by atoms with Gasteiger partial charge in [0.15, 0.2) is 11.6 Å². The molecule has 1 fully saturated rings. The van der Waals surface area contributed by atoms with Crippen molar-refractivity contribution in [1.29, 1.82) is 0 Å². The minimum Gasteiger partial charge on any atom is -0.491 e. The number of hydrogen-bond donors (Lipinski definition) is 0. The van der Waals surface area contributed by atoms with Crippen LogP contribution < -0.4 is 9.64 Å². The summed E-state index contributed by atoms with van der Waals surface area (Å²) in [7, 11) is 0. The largest absolute Gasteiger partial charge is 0.491 e. The molecule has 35 heavy (non-hydrogen) atoms. The summed E-state index contributed by atoms with van der Waals surface area (Å²) in [5, 5.41) is 8.19. The summed E-state index contributed by atoms with van der Waals surface area (Å²) in [4.78, 5) is 41.4. The molecule has 7 nitrogen and oxygen atoms in total. The fraction of sp³-hybridized carbons (Fsp3) is 0.321. The average molecular weight is 472 g/mol. The molecule has 180 valence electrons. The Bertz CT molecular complexity index is 1230. The van der Waals surface area contributed by atoms with Crippen LogP contribution in [0.4, 0.5) is 5.82 Å². The molecule has 1 aliphatic rings. The molecule has 2 heterocycles. The predicted molar refractivity (Wildman–Crippen MR) is 133 cm³/mol. The van der Waals surface area contributed by atoms with Crippen molar-refractivity contribution in [1.82, 2.24) is 10.2 Å².